The van der Waals surface area contributed by atoms with Crippen molar-refractivity contribution in [3.05, 3.63) is 41.7 Å². The number of carbonyl (C=O) groups excluding carboxylic acids is 1. The molecule has 0 fully saturated rings. The lowest BCUT2D eigenvalue weighted by Crippen LogP contribution is -2.08. The summed E-state index contributed by atoms with van der Waals surface area (Å²) in [4.78, 5) is 11.5. The third kappa shape index (κ3) is 2.84. The molecule has 1 N–H and O–H groups in total. The number of carbonyl (C=O) groups is 1. The number of hydrogen-bond donors (Lipinski definition) is 1. The second kappa shape index (κ2) is 5.20. The standard InChI is InChI=1S/C12H14O3/c1-3-15-12(14)11(9(2)13)10-7-5-4-6-8-10/h4-8,13H,3H2,1-2H3/b11-9-. The van der Waals surface area contributed by atoms with Gasteiger partial charge in [-0.2, -0.15) is 0 Å². The van der Waals surface area contributed by atoms with Gasteiger partial charge in [-0.3, -0.25) is 0 Å². The normalized spacial score (nSPS) is 11.9. The van der Waals surface area contributed by atoms with E-state index < -0.39 is 5.97 Å². The lowest BCUT2D eigenvalue weighted by atomic mass is 10.1. The molecule has 0 atom stereocenters. The summed E-state index contributed by atoms with van der Waals surface area (Å²) in [6, 6.07) is 8.96. The van der Waals surface area contributed by atoms with Crippen LogP contribution in [0.25, 0.3) is 5.57 Å². The van der Waals surface area contributed by atoms with Gasteiger partial charge in [0.1, 0.15) is 11.3 Å². The number of allylic oxidation sites excluding steroid dienone is 1. The fraction of sp³-hybridized carbons (Fsp3) is 0.250. The Labute approximate surface area is 89.0 Å². The summed E-state index contributed by atoms with van der Waals surface area (Å²) in [5, 5.41) is 9.44. The largest absolute Gasteiger partial charge is 0.512 e. The van der Waals surface area contributed by atoms with Gasteiger partial charge < -0.3 is 9.84 Å². The van der Waals surface area contributed by atoms with E-state index in [1.54, 1.807) is 31.2 Å². The summed E-state index contributed by atoms with van der Waals surface area (Å²) in [6.07, 6.45) is 0. The number of rotatable bonds is 3. The van der Waals surface area contributed by atoms with E-state index in [9.17, 15) is 9.90 Å². The highest BCUT2D eigenvalue weighted by Crippen LogP contribution is 2.18. The Morgan fingerprint density at radius 1 is 1.33 bits per heavy atom. The van der Waals surface area contributed by atoms with Gasteiger partial charge in [-0.05, 0) is 19.4 Å². The molecule has 15 heavy (non-hydrogen) atoms. The van der Waals surface area contributed by atoms with Crippen LogP contribution >= 0.6 is 0 Å². The van der Waals surface area contributed by atoms with E-state index in [1.165, 1.54) is 6.92 Å². The zero-order chi connectivity index (χ0) is 11.3. The monoisotopic (exact) mass is 206 g/mol. The van der Waals surface area contributed by atoms with Crippen molar-refractivity contribution < 1.29 is 14.6 Å². The van der Waals surface area contributed by atoms with Crippen molar-refractivity contribution in [2.45, 2.75) is 13.8 Å². The topological polar surface area (TPSA) is 46.5 Å². The molecule has 0 aromatic heterocycles. The van der Waals surface area contributed by atoms with Crippen molar-refractivity contribution in [1.82, 2.24) is 0 Å². The van der Waals surface area contributed by atoms with Crippen LogP contribution < -0.4 is 0 Å². The van der Waals surface area contributed by atoms with Gasteiger partial charge in [-0.1, -0.05) is 30.3 Å². The van der Waals surface area contributed by atoms with Gasteiger partial charge in [0.25, 0.3) is 0 Å². The average molecular weight is 206 g/mol. The zero-order valence-electron chi connectivity index (χ0n) is 8.86. The quantitative estimate of drug-likeness (QED) is 0.469. The Balaban J connectivity index is 3.06. The second-order valence-electron chi connectivity index (χ2n) is 3.05. The summed E-state index contributed by atoms with van der Waals surface area (Å²) < 4.78 is 4.86. The molecule has 3 nitrogen and oxygen atoms in total. The SMILES string of the molecule is CCOC(=O)/C(=C(/C)O)c1ccccc1. The number of aliphatic hydroxyl groups excluding tert-OH is 1. The minimum absolute atomic E-state index is 0.0281. The maximum absolute atomic E-state index is 11.5. The number of aliphatic hydroxyl groups is 1. The highest BCUT2D eigenvalue weighted by atomic mass is 16.5. The smallest absolute Gasteiger partial charge is 0.342 e. The van der Waals surface area contributed by atoms with Gasteiger partial charge in [0.05, 0.1) is 6.61 Å². The molecule has 1 aromatic carbocycles. The van der Waals surface area contributed by atoms with E-state index >= 15 is 0 Å². The Morgan fingerprint density at radius 2 is 1.93 bits per heavy atom. The van der Waals surface area contributed by atoms with Crippen LogP contribution in [0.2, 0.25) is 0 Å². The molecule has 0 bridgehead atoms. The molecule has 0 amide bonds. The molecule has 3 heteroatoms. The van der Waals surface area contributed by atoms with Crippen molar-refractivity contribution >= 4 is 11.5 Å². The summed E-state index contributed by atoms with van der Waals surface area (Å²) in [5.41, 5.74) is 0.883. The van der Waals surface area contributed by atoms with Gasteiger partial charge in [-0.25, -0.2) is 4.79 Å². The van der Waals surface area contributed by atoms with E-state index in [-0.39, 0.29) is 11.3 Å². The van der Waals surface area contributed by atoms with E-state index in [2.05, 4.69) is 0 Å². The predicted octanol–water partition coefficient (Wildman–Crippen LogP) is 2.54. The molecular formula is C12H14O3. The molecule has 80 valence electrons. The van der Waals surface area contributed by atoms with Crippen LogP contribution in [0.15, 0.2) is 36.1 Å². The van der Waals surface area contributed by atoms with Crippen molar-refractivity contribution in [3.63, 3.8) is 0 Å². The van der Waals surface area contributed by atoms with Crippen molar-refractivity contribution in [1.29, 1.82) is 0 Å². The number of hydrogen-bond acceptors (Lipinski definition) is 3. The average Bonchev–Trinajstić information content (AvgIpc) is 2.19. The Kier molecular flexibility index (Phi) is 3.92. The van der Waals surface area contributed by atoms with Crippen molar-refractivity contribution in [3.8, 4) is 0 Å². The number of esters is 1. The fourth-order valence-corrected chi connectivity index (χ4v) is 1.28. The van der Waals surface area contributed by atoms with Crippen molar-refractivity contribution in [2.24, 2.45) is 0 Å². The molecule has 0 radical (unpaired) electrons. The van der Waals surface area contributed by atoms with Crippen LogP contribution in [-0.4, -0.2) is 17.7 Å². The summed E-state index contributed by atoms with van der Waals surface area (Å²) in [7, 11) is 0. The van der Waals surface area contributed by atoms with Gasteiger partial charge >= 0.3 is 5.97 Å². The van der Waals surface area contributed by atoms with Crippen LogP contribution in [0.1, 0.15) is 19.4 Å². The number of benzene rings is 1. The molecule has 0 aliphatic heterocycles. The molecule has 1 rings (SSSR count). The molecule has 0 unspecified atom stereocenters. The first kappa shape index (κ1) is 11.3. The zero-order valence-corrected chi connectivity index (χ0v) is 8.86. The van der Waals surface area contributed by atoms with Crippen LogP contribution in [0, 0.1) is 0 Å². The molecule has 0 heterocycles. The Bertz CT molecular complexity index is 362. The van der Waals surface area contributed by atoms with Gasteiger partial charge in [-0.15, -0.1) is 0 Å². The predicted molar refractivity (Wildman–Crippen MR) is 58.3 cm³/mol. The van der Waals surface area contributed by atoms with E-state index in [0.717, 1.165) is 0 Å². The Hall–Kier alpha value is -1.77. The van der Waals surface area contributed by atoms with Crippen molar-refractivity contribution in [2.75, 3.05) is 6.61 Å². The molecular weight excluding hydrogens is 192 g/mol. The third-order valence-electron chi connectivity index (χ3n) is 1.90. The second-order valence-corrected chi connectivity index (χ2v) is 3.05. The molecule has 0 aliphatic carbocycles. The first-order valence-corrected chi connectivity index (χ1v) is 4.79. The van der Waals surface area contributed by atoms with Gasteiger partial charge in [0.2, 0.25) is 0 Å². The van der Waals surface area contributed by atoms with Crippen LogP contribution in [0.4, 0.5) is 0 Å². The van der Waals surface area contributed by atoms with Gasteiger partial charge in [0.15, 0.2) is 0 Å². The first-order chi connectivity index (χ1) is 7.16. The molecule has 0 saturated carbocycles. The molecule has 0 saturated heterocycles. The highest BCUT2D eigenvalue weighted by Gasteiger charge is 2.15. The van der Waals surface area contributed by atoms with Crippen LogP contribution in [-0.2, 0) is 9.53 Å². The van der Waals surface area contributed by atoms with Crippen LogP contribution in [0.3, 0.4) is 0 Å². The Morgan fingerprint density at radius 3 is 2.40 bits per heavy atom. The van der Waals surface area contributed by atoms with E-state index in [4.69, 9.17) is 4.74 Å². The maximum atomic E-state index is 11.5. The number of ether oxygens (including phenoxy) is 1. The summed E-state index contributed by atoms with van der Waals surface area (Å²) in [5.74, 6) is -0.525. The van der Waals surface area contributed by atoms with E-state index in [0.29, 0.717) is 12.2 Å². The molecule has 0 spiro atoms. The minimum Gasteiger partial charge on any atom is -0.512 e. The lowest BCUT2D eigenvalue weighted by molar-refractivity contribution is -0.136. The van der Waals surface area contributed by atoms with Gasteiger partial charge in [0, 0.05) is 0 Å². The molecule has 1 aromatic rings. The minimum atomic E-state index is -0.497. The first-order valence-electron chi connectivity index (χ1n) is 4.79. The fourth-order valence-electron chi connectivity index (χ4n) is 1.28. The molecule has 0 aliphatic rings. The van der Waals surface area contributed by atoms with E-state index in [1.807, 2.05) is 6.07 Å². The third-order valence-corrected chi connectivity index (χ3v) is 1.90. The summed E-state index contributed by atoms with van der Waals surface area (Å²) in [6.45, 7) is 3.49. The lowest BCUT2D eigenvalue weighted by Gasteiger charge is -2.07. The summed E-state index contributed by atoms with van der Waals surface area (Å²) >= 11 is 0. The van der Waals surface area contributed by atoms with Crippen LogP contribution in [0.5, 0.6) is 0 Å². The highest BCUT2D eigenvalue weighted by molar-refractivity contribution is 6.16. The maximum Gasteiger partial charge on any atom is 0.342 e.